The molecule has 0 heterocycles. The highest BCUT2D eigenvalue weighted by atomic mass is 14.2. The minimum atomic E-state index is 0.435. The highest BCUT2D eigenvalue weighted by Gasteiger charge is 2.05. The van der Waals surface area contributed by atoms with Crippen LogP contribution < -0.4 is 0 Å². The second-order valence-corrected chi connectivity index (χ2v) is 4.24. The molecule has 0 aromatic carbocycles. The Kier molecular flexibility index (Phi) is 6.96. The molecule has 1 heteroatoms. The molecule has 0 spiro atoms. The van der Waals surface area contributed by atoms with Crippen LogP contribution in [0.3, 0.4) is 0 Å². The first kappa shape index (κ1) is 14.5. The van der Waals surface area contributed by atoms with Crippen LogP contribution in [0.4, 0.5) is 0 Å². The van der Waals surface area contributed by atoms with Gasteiger partial charge in [0, 0.05) is 5.57 Å². The zero-order chi connectivity index (χ0) is 12.6. The van der Waals surface area contributed by atoms with Crippen LogP contribution in [-0.4, -0.2) is 0 Å². The predicted octanol–water partition coefficient (Wildman–Crippen LogP) is 4.42. The second kappa shape index (κ2) is 7.70. The summed E-state index contributed by atoms with van der Waals surface area (Å²) < 4.78 is 0. The van der Waals surface area contributed by atoms with Crippen molar-refractivity contribution in [3.63, 3.8) is 0 Å². The Morgan fingerprint density at radius 1 is 1.25 bits per heavy atom. The van der Waals surface area contributed by atoms with Crippen molar-refractivity contribution in [3.05, 3.63) is 49.1 Å². The Labute approximate surface area is 99.5 Å². The molecule has 0 aliphatic heterocycles. The van der Waals surface area contributed by atoms with Gasteiger partial charge in [-0.1, -0.05) is 44.7 Å². The van der Waals surface area contributed by atoms with Crippen LogP contribution in [0, 0.1) is 23.2 Å². The molecular weight excluding hydrogens is 194 g/mol. The molecule has 1 nitrogen and oxygen atoms in total. The van der Waals surface area contributed by atoms with Gasteiger partial charge in [0.25, 0.3) is 0 Å². The Hall–Kier alpha value is -1.55. The highest BCUT2D eigenvalue weighted by Crippen LogP contribution is 2.19. The number of hydrogen-bond acceptors (Lipinski definition) is 1. The van der Waals surface area contributed by atoms with E-state index in [0.29, 0.717) is 17.4 Å². The van der Waals surface area contributed by atoms with Crippen molar-refractivity contribution >= 4 is 0 Å². The molecule has 0 aliphatic carbocycles. The maximum Gasteiger partial charge on any atom is 0.0985 e. The lowest BCUT2D eigenvalue weighted by atomic mass is 9.92. The number of nitrogens with zero attached hydrogens (tertiary/aromatic N) is 1. The molecule has 2 atom stereocenters. The topological polar surface area (TPSA) is 23.8 Å². The predicted molar refractivity (Wildman–Crippen MR) is 70.8 cm³/mol. The highest BCUT2D eigenvalue weighted by molar-refractivity contribution is 5.33. The van der Waals surface area contributed by atoms with Crippen LogP contribution in [-0.2, 0) is 0 Å². The molecule has 0 radical (unpaired) electrons. The van der Waals surface area contributed by atoms with Crippen molar-refractivity contribution in [2.75, 3.05) is 0 Å². The molecule has 0 N–H and O–H groups in total. The van der Waals surface area contributed by atoms with Crippen molar-refractivity contribution < 1.29 is 0 Å². The van der Waals surface area contributed by atoms with Gasteiger partial charge in [-0.15, -0.1) is 6.58 Å². The summed E-state index contributed by atoms with van der Waals surface area (Å²) in [7, 11) is 0. The molecule has 0 rings (SSSR count). The van der Waals surface area contributed by atoms with Gasteiger partial charge in [0.2, 0.25) is 0 Å². The van der Waals surface area contributed by atoms with Crippen molar-refractivity contribution in [3.8, 4) is 6.07 Å². The van der Waals surface area contributed by atoms with Gasteiger partial charge in [-0.2, -0.15) is 5.26 Å². The van der Waals surface area contributed by atoms with E-state index in [4.69, 9.17) is 5.26 Å². The summed E-state index contributed by atoms with van der Waals surface area (Å²) >= 11 is 0. The number of hydrogen-bond donors (Lipinski definition) is 0. The van der Waals surface area contributed by atoms with E-state index in [1.54, 1.807) is 6.08 Å². The molecule has 0 fully saturated rings. The number of nitriles is 1. The fourth-order valence-corrected chi connectivity index (χ4v) is 1.23. The lowest BCUT2D eigenvalue weighted by Crippen LogP contribution is -1.99. The molecule has 0 saturated carbocycles. The average molecular weight is 215 g/mol. The molecule has 0 saturated heterocycles. The first-order chi connectivity index (χ1) is 7.51. The lowest BCUT2D eigenvalue weighted by Gasteiger charge is -2.13. The van der Waals surface area contributed by atoms with E-state index in [-0.39, 0.29) is 0 Å². The quantitative estimate of drug-likeness (QED) is 0.350. The van der Waals surface area contributed by atoms with E-state index >= 15 is 0 Å². The van der Waals surface area contributed by atoms with Crippen LogP contribution in [0.15, 0.2) is 49.1 Å². The van der Waals surface area contributed by atoms with Gasteiger partial charge in [-0.3, -0.25) is 0 Å². The zero-order valence-corrected chi connectivity index (χ0v) is 10.4. The molecule has 16 heavy (non-hydrogen) atoms. The summed E-state index contributed by atoms with van der Waals surface area (Å²) in [6, 6.07) is 1.98. The zero-order valence-electron chi connectivity index (χ0n) is 10.4. The summed E-state index contributed by atoms with van der Waals surface area (Å²) in [5.41, 5.74) is 1.51. The summed E-state index contributed by atoms with van der Waals surface area (Å²) in [6.07, 6.45) is 7.79. The molecule has 0 aromatic heterocycles. The standard InChI is InChI=1S/C15H21N/c1-6-12(2)7-9-14(4)15(5)10-8-13(3)11-16/h6,8,10,12,14H,1,3,5,7,9H2,2,4H3/b10-8-. The van der Waals surface area contributed by atoms with E-state index < -0.39 is 0 Å². The monoisotopic (exact) mass is 215 g/mol. The molecule has 0 aromatic rings. The third-order valence-corrected chi connectivity index (χ3v) is 2.73. The largest absolute Gasteiger partial charge is 0.192 e. The van der Waals surface area contributed by atoms with Crippen LogP contribution >= 0.6 is 0 Å². The van der Waals surface area contributed by atoms with Gasteiger partial charge < -0.3 is 0 Å². The van der Waals surface area contributed by atoms with Gasteiger partial charge in [0.05, 0.1) is 6.07 Å². The van der Waals surface area contributed by atoms with Crippen LogP contribution in [0.5, 0.6) is 0 Å². The van der Waals surface area contributed by atoms with E-state index in [0.717, 1.165) is 18.4 Å². The van der Waals surface area contributed by atoms with Crippen molar-refractivity contribution in [1.29, 1.82) is 5.26 Å². The van der Waals surface area contributed by atoms with E-state index in [2.05, 4.69) is 33.6 Å². The second-order valence-electron chi connectivity index (χ2n) is 4.24. The smallest absolute Gasteiger partial charge is 0.0985 e. The molecule has 0 aliphatic rings. The fourth-order valence-electron chi connectivity index (χ4n) is 1.23. The minimum absolute atomic E-state index is 0.435. The molecule has 2 unspecified atom stereocenters. The van der Waals surface area contributed by atoms with E-state index in [1.807, 2.05) is 18.2 Å². The minimum Gasteiger partial charge on any atom is -0.192 e. The summed E-state index contributed by atoms with van der Waals surface area (Å²) in [4.78, 5) is 0. The molecule has 0 amide bonds. The summed E-state index contributed by atoms with van der Waals surface area (Å²) in [5.74, 6) is 0.985. The Bertz CT molecular complexity index is 328. The van der Waals surface area contributed by atoms with Crippen LogP contribution in [0.1, 0.15) is 26.7 Å². The molecule has 0 bridgehead atoms. The first-order valence-electron chi connectivity index (χ1n) is 5.59. The Balaban J connectivity index is 4.10. The van der Waals surface area contributed by atoms with Gasteiger partial charge in [0.15, 0.2) is 0 Å². The normalized spacial score (nSPS) is 14.1. The van der Waals surface area contributed by atoms with Crippen molar-refractivity contribution in [2.45, 2.75) is 26.7 Å². The fraction of sp³-hybridized carbons (Fsp3) is 0.400. The first-order valence-corrected chi connectivity index (χ1v) is 5.59. The maximum absolute atomic E-state index is 8.55. The number of rotatable bonds is 7. The van der Waals surface area contributed by atoms with Crippen LogP contribution in [0.2, 0.25) is 0 Å². The van der Waals surface area contributed by atoms with Crippen molar-refractivity contribution in [1.82, 2.24) is 0 Å². The van der Waals surface area contributed by atoms with Gasteiger partial charge in [-0.05, 0) is 30.8 Å². The Morgan fingerprint density at radius 3 is 2.38 bits per heavy atom. The summed E-state index contributed by atoms with van der Waals surface area (Å²) in [6.45, 7) is 15.7. The average Bonchev–Trinajstić information content (AvgIpc) is 2.31. The van der Waals surface area contributed by atoms with Crippen LogP contribution in [0.25, 0.3) is 0 Å². The SMILES string of the molecule is C=CC(C)CCC(C)C(=C)/C=C\C(=C)C#N. The summed E-state index contributed by atoms with van der Waals surface area (Å²) in [5, 5.41) is 8.55. The lowest BCUT2D eigenvalue weighted by molar-refractivity contribution is 0.526. The number of allylic oxidation sites excluding steroid dienone is 5. The van der Waals surface area contributed by atoms with Gasteiger partial charge in [-0.25, -0.2) is 0 Å². The van der Waals surface area contributed by atoms with E-state index in [9.17, 15) is 0 Å². The molecule has 86 valence electrons. The third kappa shape index (κ3) is 6.03. The van der Waals surface area contributed by atoms with Gasteiger partial charge in [0.1, 0.15) is 0 Å². The third-order valence-electron chi connectivity index (χ3n) is 2.73. The maximum atomic E-state index is 8.55. The van der Waals surface area contributed by atoms with Gasteiger partial charge >= 0.3 is 0 Å². The molecular formula is C15H21N. The van der Waals surface area contributed by atoms with Crippen molar-refractivity contribution in [2.24, 2.45) is 11.8 Å². The van der Waals surface area contributed by atoms with E-state index in [1.165, 1.54) is 0 Å². The Morgan fingerprint density at radius 2 is 1.88 bits per heavy atom.